The number of fused-ring (bicyclic) bond motifs is 2. The monoisotopic (exact) mass is 607 g/mol. The lowest BCUT2D eigenvalue weighted by Crippen LogP contribution is -2.41. The van der Waals surface area contributed by atoms with Crippen molar-refractivity contribution in [2.45, 2.75) is 69.7 Å². The number of benzene rings is 1. The maximum Gasteiger partial charge on any atom is 0.222 e. The third-order valence-electron chi connectivity index (χ3n) is 8.14. The highest BCUT2D eigenvalue weighted by atomic mass is 79.9. The number of aromatic nitrogens is 1. The van der Waals surface area contributed by atoms with E-state index < -0.39 is 0 Å². The van der Waals surface area contributed by atoms with E-state index in [0.717, 1.165) is 78.4 Å². The molecule has 1 aromatic heterocycles. The number of piperidine rings is 1. The molecular formula is C27H32Br2ClN3O. The third-order valence-corrected chi connectivity index (χ3v) is 9.44. The number of nitrogens with zero attached hydrogens (tertiary/aromatic N) is 2. The maximum absolute atomic E-state index is 13.1. The summed E-state index contributed by atoms with van der Waals surface area (Å²) >= 11 is 13.9. The molecule has 2 heterocycles. The molecule has 182 valence electrons. The van der Waals surface area contributed by atoms with Crippen LogP contribution >= 0.6 is 43.5 Å². The molecule has 2 fully saturated rings. The van der Waals surface area contributed by atoms with Crippen LogP contribution in [0.3, 0.4) is 0 Å². The second-order valence-electron chi connectivity index (χ2n) is 10.3. The summed E-state index contributed by atoms with van der Waals surface area (Å²) in [5.41, 5.74) is 11.2. The van der Waals surface area contributed by atoms with Gasteiger partial charge < -0.3 is 10.6 Å². The zero-order valence-corrected chi connectivity index (χ0v) is 23.3. The summed E-state index contributed by atoms with van der Waals surface area (Å²) in [5.74, 6) is 1.49. The molecule has 3 aliphatic rings. The predicted octanol–water partition coefficient (Wildman–Crippen LogP) is 6.64. The largest absolute Gasteiger partial charge is 0.343 e. The lowest BCUT2D eigenvalue weighted by atomic mass is 9.76. The van der Waals surface area contributed by atoms with Crippen LogP contribution in [-0.2, 0) is 17.6 Å². The second-order valence-corrected chi connectivity index (χ2v) is 12.5. The number of carbonyl (C=O) groups excluding carboxylic acids is 1. The van der Waals surface area contributed by atoms with Crippen molar-refractivity contribution in [1.29, 1.82) is 0 Å². The molecule has 34 heavy (non-hydrogen) atoms. The van der Waals surface area contributed by atoms with Crippen LogP contribution in [0.1, 0.15) is 73.2 Å². The van der Waals surface area contributed by atoms with Crippen LogP contribution < -0.4 is 5.73 Å². The maximum atomic E-state index is 13.1. The first kappa shape index (κ1) is 24.7. The molecular weight excluding hydrogens is 578 g/mol. The standard InChI is InChI=1S/C27H32Br2ClN3O/c28-20-12-19-4-3-18-13-21(30)14-23(29)25(18)26(27(19)32-15-20)17-7-9-33(10-8-17)24(34)11-16-1-5-22(31)6-2-16/h12-17,22,26H,1-11,31H2/t16?,22?,26-/m1/s1. The van der Waals surface area contributed by atoms with Crippen LogP contribution in [-0.4, -0.2) is 34.9 Å². The highest BCUT2D eigenvalue weighted by Gasteiger charge is 2.36. The minimum Gasteiger partial charge on any atom is -0.343 e. The van der Waals surface area contributed by atoms with E-state index in [1.165, 1.54) is 22.4 Å². The van der Waals surface area contributed by atoms with E-state index in [0.29, 0.717) is 30.2 Å². The van der Waals surface area contributed by atoms with Crippen molar-refractivity contribution in [3.05, 3.63) is 60.7 Å². The van der Waals surface area contributed by atoms with Gasteiger partial charge in [-0.15, -0.1) is 0 Å². The average molecular weight is 610 g/mol. The van der Waals surface area contributed by atoms with Gasteiger partial charge in [-0.05, 0) is 114 Å². The van der Waals surface area contributed by atoms with Gasteiger partial charge in [-0.2, -0.15) is 0 Å². The number of nitrogens with two attached hydrogens (primary N) is 1. The van der Waals surface area contributed by atoms with E-state index in [2.05, 4.69) is 48.9 Å². The van der Waals surface area contributed by atoms with Gasteiger partial charge in [0.1, 0.15) is 0 Å². The molecule has 1 aliphatic heterocycles. The fourth-order valence-corrected chi connectivity index (χ4v) is 7.78. The van der Waals surface area contributed by atoms with E-state index >= 15 is 0 Å². The number of hydrogen-bond donors (Lipinski definition) is 1. The summed E-state index contributed by atoms with van der Waals surface area (Å²) in [5, 5.41) is 0.772. The van der Waals surface area contributed by atoms with E-state index in [1.807, 2.05) is 12.3 Å². The molecule has 5 rings (SSSR count). The van der Waals surface area contributed by atoms with Crippen LogP contribution in [0.25, 0.3) is 0 Å². The van der Waals surface area contributed by atoms with Gasteiger partial charge in [0, 0.05) is 51.6 Å². The van der Waals surface area contributed by atoms with E-state index in [1.54, 1.807) is 0 Å². The third kappa shape index (κ3) is 5.25. The van der Waals surface area contributed by atoms with Gasteiger partial charge in [-0.1, -0.05) is 27.5 Å². The van der Waals surface area contributed by atoms with Gasteiger partial charge in [0.15, 0.2) is 0 Å². The molecule has 4 nitrogen and oxygen atoms in total. The topological polar surface area (TPSA) is 59.2 Å². The van der Waals surface area contributed by atoms with Gasteiger partial charge in [0.2, 0.25) is 5.91 Å². The Kier molecular flexibility index (Phi) is 7.69. The summed E-state index contributed by atoms with van der Waals surface area (Å²) in [6, 6.07) is 6.71. The second kappa shape index (κ2) is 10.6. The van der Waals surface area contributed by atoms with Crippen LogP contribution in [0, 0.1) is 11.8 Å². The zero-order chi connectivity index (χ0) is 23.8. The minimum absolute atomic E-state index is 0.212. The molecule has 1 saturated heterocycles. The number of carbonyl (C=O) groups is 1. The first-order valence-electron chi connectivity index (χ1n) is 12.5. The molecule has 0 spiro atoms. The summed E-state index contributed by atoms with van der Waals surface area (Å²) < 4.78 is 2.10. The Morgan fingerprint density at radius 3 is 2.47 bits per heavy atom. The quantitative estimate of drug-likeness (QED) is 0.425. The highest BCUT2D eigenvalue weighted by molar-refractivity contribution is 9.10. The normalized spacial score (nSPS) is 25.4. The van der Waals surface area contributed by atoms with Crippen molar-refractivity contribution < 1.29 is 4.79 Å². The average Bonchev–Trinajstić information content (AvgIpc) is 2.97. The fraction of sp³-hybridized carbons (Fsp3) is 0.556. The number of amides is 1. The molecule has 0 unspecified atom stereocenters. The number of halogens is 3. The summed E-state index contributed by atoms with van der Waals surface area (Å²) in [7, 11) is 0. The molecule has 2 aromatic rings. The molecule has 2 aliphatic carbocycles. The molecule has 1 amide bonds. The van der Waals surface area contributed by atoms with Crippen LogP contribution in [0.2, 0.25) is 5.02 Å². The van der Waals surface area contributed by atoms with Crippen LogP contribution in [0.15, 0.2) is 33.3 Å². The van der Waals surface area contributed by atoms with Gasteiger partial charge in [0.05, 0.1) is 5.69 Å². The number of likely N-dealkylation sites (tertiary alicyclic amines) is 1. The summed E-state index contributed by atoms with van der Waals surface area (Å²) in [4.78, 5) is 20.1. The van der Waals surface area contributed by atoms with Gasteiger partial charge in [-0.25, -0.2) is 0 Å². The van der Waals surface area contributed by atoms with Crippen molar-refractivity contribution >= 4 is 49.4 Å². The molecule has 0 bridgehead atoms. The van der Waals surface area contributed by atoms with Gasteiger partial charge in [0.25, 0.3) is 0 Å². The zero-order valence-electron chi connectivity index (χ0n) is 19.4. The van der Waals surface area contributed by atoms with E-state index in [-0.39, 0.29) is 5.92 Å². The van der Waals surface area contributed by atoms with Crippen molar-refractivity contribution in [2.24, 2.45) is 17.6 Å². The van der Waals surface area contributed by atoms with Crippen molar-refractivity contribution in [2.75, 3.05) is 13.1 Å². The Bertz CT molecular complexity index is 1060. The first-order chi connectivity index (χ1) is 16.4. The smallest absolute Gasteiger partial charge is 0.222 e. The Labute approximate surface area is 224 Å². The number of rotatable bonds is 3. The molecule has 1 aromatic carbocycles. The van der Waals surface area contributed by atoms with E-state index in [4.69, 9.17) is 22.3 Å². The van der Waals surface area contributed by atoms with Crippen LogP contribution in [0.4, 0.5) is 0 Å². The van der Waals surface area contributed by atoms with Crippen molar-refractivity contribution in [3.63, 3.8) is 0 Å². The Morgan fingerprint density at radius 1 is 1.03 bits per heavy atom. The van der Waals surface area contributed by atoms with Gasteiger partial charge >= 0.3 is 0 Å². The van der Waals surface area contributed by atoms with Crippen molar-refractivity contribution in [1.82, 2.24) is 9.88 Å². The number of pyridine rings is 1. The fourth-order valence-electron chi connectivity index (χ4n) is 6.28. The lowest BCUT2D eigenvalue weighted by Gasteiger charge is -2.38. The molecule has 7 heteroatoms. The van der Waals surface area contributed by atoms with Gasteiger partial charge in [-0.3, -0.25) is 9.78 Å². The molecule has 2 N–H and O–H groups in total. The predicted molar refractivity (Wildman–Crippen MR) is 144 cm³/mol. The molecule has 1 atom stereocenters. The highest BCUT2D eigenvalue weighted by Crippen LogP contribution is 2.46. The first-order valence-corrected chi connectivity index (χ1v) is 14.5. The molecule has 1 saturated carbocycles. The summed E-state index contributed by atoms with van der Waals surface area (Å²) in [6.07, 6.45) is 10.8. The Hall–Kier alpha value is -0.950. The summed E-state index contributed by atoms with van der Waals surface area (Å²) in [6.45, 7) is 1.66. The minimum atomic E-state index is 0.212. The Morgan fingerprint density at radius 2 is 1.74 bits per heavy atom. The SMILES string of the molecule is NC1CCC(CC(=O)N2CCC([C@H]3c4ncc(Br)cc4CCc4cc(Cl)cc(Br)c43)CC2)CC1. The lowest BCUT2D eigenvalue weighted by molar-refractivity contribution is -0.133. The van der Waals surface area contributed by atoms with Crippen LogP contribution in [0.5, 0.6) is 0 Å². The Balaban J connectivity index is 1.35. The van der Waals surface area contributed by atoms with Crippen molar-refractivity contribution in [3.8, 4) is 0 Å². The molecule has 0 radical (unpaired) electrons. The number of aryl methyl sites for hydroxylation is 2. The number of hydrogen-bond acceptors (Lipinski definition) is 3. The van der Waals surface area contributed by atoms with E-state index in [9.17, 15) is 4.79 Å².